The molecule has 1 aromatic heterocycles. The van der Waals surface area contributed by atoms with Crippen molar-refractivity contribution in [2.24, 2.45) is 0 Å². The van der Waals surface area contributed by atoms with Crippen molar-refractivity contribution in [2.45, 2.75) is 20.1 Å². The average molecular weight is 433 g/mol. The molecular weight excluding hydrogens is 412 g/mol. The molecule has 0 aliphatic heterocycles. The Morgan fingerprint density at radius 1 is 1.00 bits per heavy atom. The molecule has 0 aliphatic rings. The fraction of sp³-hybridized carbons (Fsp3) is 0.120. The first-order valence-electron chi connectivity index (χ1n) is 10.0. The van der Waals surface area contributed by atoms with Crippen LogP contribution < -0.4 is 10.1 Å². The Balaban J connectivity index is 1.45. The fourth-order valence-corrected chi connectivity index (χ4v) is 3.28. The molecule has 5 nitrogen and oxygen atoms in total. The van der Waals surface area contributed by atoms with Gasteiger partial charge in [-0.15, -0.1) is 0 Å². The minimum atomic E-state index is -0.850. The number of hydrogen-bond acceptors (Lipinski definition) is 3. The quantitative estimate of drug-likeness (QED) is 0.428. The summed E-state index contributed by atoms with van der Waals surface area (Å²) in [6, 6.07) is 20.5. The van der Waals surface area contributed by atoms with Crippen LogP contribution in [0.2, 0.25) is 0 Å². The van der Waals surface area contributed by atoms with E-state index in [4.69, 9.17) is 4.74 Å². The maximum Gasteiger partial charge on any atom is 0.276 e. The monoisotopic (exact) mass is 433 g/mol. The molecule has 4 aromatic rings. The summed E-state index contributed by atoms with van der Waals surface area (Å²) in [5, 5.41) is 6.47. The van der Waals surface area contributed by atoms with Gasteiger partial charge in [0.25, 0.3) is 5.91 Å². The van der Waals surface area contributed by atoms with Gasteiger partial charge in [0.05, 0.1) is 6.54 Å². The van der Waals surface area contributed by atoms with Gasteiger partial charge in [-0.25, -0.2) is 8.78 Å². The molecule has 7 heteroatoms. The zero-order chi connectivity index (χ0) is 22.5. The Labute approximate surface area is 184 Å². The van der Waals surface area contributed by atoms with E-state index in [0.29, 0.717) is 18.9 Å². The first-order valence-corrected chi connectivity index (χ1v) is 10.0. The van der Waals surface area contributed by atoms with Crippen molar-refractivity contribution in [3.05, 3.63) is 113 Å². The molecule has 0 saturated heterocycles. The smallest absolute Gasteiger partial charge is 0.276 e. The number of aromatic nitrogens is 2. The second kappa shape index (κ2) is 9.43. The number of carbonyl (C=O) groups excluding carboxylic acids is 1. The summed E-state index contributed by atoms with van der Waals surface area (Å²) in [6.45, 7) is 2.83. The van der Waals surface area contributed by atoms with Crippen LogP contribution in [-0.2, 0) is 13.2 Å². The zero-order valence-corrected chi connectivity index (χ0v) is 17.4. The number of hydrogen-bond donors (Lipinski definition) is 1. The van der Waals surface area contributed by atoms with E-state index in [1.807, 2.05) is 49.4 Å². The molecule has 0 atom stereocenters. The summed E-state index contributed by atoms with van der Waals surface area (Å²) < 4.78 is 35.2. The number of benzene rings is 3. The van der Waals surface area contributed by atoms with E-state index in [1.165, 1.54) is 12.1 Å². The Hall–Kier alpha value is -4.00. The van der Waals surface area contributed by atoms with Crippen LogP contribution in [0.1, 0.15) is 27.2 Å². The van der Waals surface area contributed by atoms with Gasteiger partial charge in [0.15, 0.2) is 5.69 Å². The van der Waals surface area contributed by atoms with Crippen LogP contribution in [0, 0.1) is 18.6 Å². The summed E-state index contributed by atoms with van der Waals surface area (Å²) >= 11 is 0. The number of rotatable bonds is 7. The lowest BCUT2D eigenvalue weighted by Gasteiger charge is -2.12. The molecule has 0 aliphatic carbocycles. The number of ether oxygens (including phenoxy) is 1. The molecule has 0 radical (unpaired) electrons. The van der Waals surface area contributed by atoms with E-state index in [0.717, 1.165) is 28.8 Å². The summed E-state index contributed by atoms with van der Waals surface area (Å²) in [6.07, 6.45) is 1.63. The standard InChI is InChI=1S/C25H21F2N3O2/c1-17-6-4-7-18(14-17)16-32-23-11-3-2-8-19(23)15-30-13-12-22(29-30)25(31)28-24-20(26)9-5-10-21(24)27/h2-14H,15-16H2,1H3,(H,28,31). The van der Waals surface area contributed by atoms with Crippen LogP contribution in [0.5, 0.6) is 5.75 Å². The Kier molecular flexibility index (Phi) is 6.26. The SMILES string of the molecule is Cc1cccc(COc2ccccc2Cn2ccc(C(=O)Nc3c(F)cccc3F)n2)c1. The Morgan fingerprint density at radius 3 is 2.53 bits per heavy atom. The summed E-state index contributed by atoms with van der Waals surface area (Å²) in [5.41, 5.74) is 2.67. The van der Waals surface area contributed by atoms with E-state index < -0.39 is 23.2 Å². The van der Waals surface area contributed by atoms with Gasteiger partial charge >= 0.3 is 0 Å². The molecule has 0 unspecified atom stereocenters. The third kappa shape index (κ3) is 5.00. The van der Waals surface area contributed by atoms with Crippen molar-refractivity contribution >= 4 is 11.6 Å². The zero-order valence-electron chi connectivity index (χ0n) is 17.4. The van der Waals surface area contributed by atoms with Crippen LogP contribution in [0.15, 0.2) is 79.0 Å². The van der Waals surface area contributed by atoms with Gasteiger partial charge in [-0.1, -0.05) is 54.1 Å². The van der Waals surface area contributed by atoms with E-state index >= 15 is 0 Å². The van der Waals surface area contributed by atoms with Crippen LogP contribution >= 0.6 is 0 Å². The van der Waals surface area contributed by atoms with Gasteiger partial charge in [-0.2, -0.15) is 5.10 Å². The number of anilines is 1. The highest BCUT2D eigenvalue weighted by molar-refractivity contribution is 6.02. The van der Waals surface area contributed by atoms with Crippen LogP contribution in [0.4, 0.5) is 14.5 Å². The van der Waals surface area contributed by atoms with Gasteiger partial charge in [0.1, 0.15) is 29.7 Å². The summed E-state index contributed by atoms with van der Waals surface area (Å²) in [7, 11) is 0. The lowest BCUT2D eigenvalue weighted by Crippen LogP contribution is -2.15. The Bertz CT molecular complexity index is 1230. The summed E-state index contributed by atoms with van der Waals surface area (Å²) in [4.78, 5) is 12.4. The number of nitrogens with zero attached hydrogens (tertiary/aromatic N) is 2. The van der Waals surface area contributed by atoms with Crippen molar-refractivity contribution in [1.29, 1.82) is 0 Å². The maximum atomic E-state index is 13.8. The molecule has 0 bridgehead atoms. The van der Waals surface area contributed by atoms with E-state index in [9.17, 15) is 13.6 Å². The van der Waals surface area contributed by atoms with Crippen molar-refractivity contribution in [1.82, 2.24) is 9.78 Å². The van der Waals surface area contributed by atoms with Gasteiger partial charge in [-0.3, -0.25) is 9.48 Å². The Morgan fingerprint density at radius 2 is 1.75 bits per heavy atom. The van der Waals surface area contributed by atoms with Crippen LogP contribution in [-0.4, -0.2) is 15.7 Å². The fourth-order valence-electron chi connectivity index (χ4n) is 3.28. The molecule has 162 valence electrons. The predicted octanol–water partition coefficient (Wildman–Crippen LogP) is 5.35. The predicted molar refractivity (Wildman–Crippen MR) is 118 cm³/mol. The average Bonchev–Trinajstić information content (AvgIpc) is 3.24. The molecular formula is C25H21F2N3O2. The molecule has 1 N–H and O–H groups in total. The van der Waals surface area contributed by atoms with Crippen molar-refractivity contribution in [3.63, 3.8) is 0 Å². The first kappa shape index (κ1) is 21.2. The van der Waals surface area contributed by atoms with Gasteiger partial charge < -0.3 is 10.1 Å². The molecule has 4 rings (SSSR count). The highest BCUT2D eigenvalue weighted by Crippen LogP contribution is 2.22. The highest BCUT2D eigenvalue weighted by atomic mass is 19.1. The number of amides is 1. The third-order valence-corrected chi connectivity index (χ3v) is 4.86. The number of carbonyl (C=O) groups is 1. The molecule has 0 spiro atoms. The molecule has 0 saturated carbocycles. The number of aryl methyl sites for hydroxylation is 1. The second-order valence-electron chi connectivity index (χ2n) is 7.33. The lowest BCUT2D eigenvalue weighted by molar-refractivity contribution is 0.102. The van der Waals surface area contributed by atoms with Crippen LogP contribution in [0.3, 0.4) is 0 Å². The largest absolute Gasteiger partial charge is 0.489 e. The van der Waals surface area contributed by atoms with E-state index in [2.05, 4.69) is 16.5 Å². The number of nitrogens with one attached hydrogen (secondary N) is 1. The minimum Gasteiger partial charge on any atom is -0.489 e. The topological polar surface area (TPSA) is 56.1 Å². The van der Waals surface area contributed by atoms with Crippen molar-refractivity contribution in [2.75, 3.05) is 5.32 Å². The molecule has 32 heavy (non-hydrogen) atoms. The maximum absolute atomic E-state index is 13.8. The van der Waals surface area contributed by atoms with E-state index in [-0.39, 0.29) is 5.69 Å². The number of para-hydroxylation sites is 2. The van der Waals surface area contributed by atoms with Gasteiger partial charge in [-0.05, 0) is 36.8 Å². The first-order chi connectivity index (χ1) is 15.5. The van der Waals surface area contributed by atoms with Gasteiger partial charge in [0.2, 0.25) is 0 Å². The normalized spacial score (nSPS) is 10.7. The lowest BCUT2D eigenvalue weighted by atomic mass is 10.1. The second-order valence-corrected chi connectivity index (χ2v) is 7.33. The minimum absolute atomic E-state index is 0.0470. The third-order valence-electron chi connectivity index (χ3n) is 4.86. The highest BCUT2D eigenvalue weighted by Gasteiger charge is 2.16. The molecule has 1 heterocycles. The van der Waals surface area contributed by atoms with Crippen molar-refractivity contribution in [3.8, 4) is 5.75 Å². The molecule has 3 aromatic carbocycles. The van der Waals surface area contributed by atoms with E-state index in [1.54, 1.807) is 10.9 Å². The molecule has 0 fully saturated rings. The van der Waals surface area contributed by atoms with Crippen LogP contribution in [0.25, 0.3) is 0 Å². The van der Waals surface area contributed by atoms with Gasteiger partial charge in [0, 0.05) is 11.8 Å². The van der Waals surface area contributed by atoms with Crippen molar-refractivity contribution < 1.29 is 18.3 Å². The number of halogens is 2. The summed E-state index contributed by atoms with van der Waals surface area (Å²) in [5.74, 6) is -1.68. The molecule has 1 amide bonds.